The van der Waals surface area contributed by atoms with Crippen LogP contribution in [-0.4, -0.2) is 33.5 Å². The molecule has 0 aromatic heterocycles. The summed E-state index contributed by atoms with van der Waals surface area (Å²) in [6.45, 7) is 3.20. The maximum atomic E-state index is 12.3. The zero-order valence-electron chi connectivity index (χ0n) is 17.4. The lowest BCUT2D eigenvalue weighted by Gasteiger charge is -2.27. The summed E-state index contributed by atoms with van der Waals surface area (Å²) in [5, 5.41) is 11.0. The second kappa shape index (κ2) is 12.1. The molecule has 2 amide bonds. The normalized spacial score (nSPS) is 11.8. The first kappa shape index (κ1) is 26.0. The predicted molar refractivity (Wildman–Crippen MR) is 134 cm³/mol. The van der Waals surface area contributed by atoms with Crippen molar-refractivity contribution >= 4 is 75.3 Å². The third-order valence-corrected chi connectivity index (χ3v) is 4.95. The first-order valence-electron chi connectivity index (χ1n) is 9.60. The van der Waals surface area contributed by atoms with Crippen LogP contribution in [0.1, 0.15) is 19.4 Å². The van der Waals surface area contributed by atoms with Gasteiger partial charge in [-0.3, -0.25) is 9.59 Å². The van der Waals surface area contributed by atoms with E-state index in [1.165, 1.54) is 6.92 Å². The van der Waals surface area contributed by atoms with Gasteiger partial charge in [-0.05, 0) is 60.6 Å². The van der Waals surface area contributed by atoms with E-state index >= 15 is 0 Å². The molecule has 0 radical (unpaired) electrons. The lowest BCUT2D eigenvalue weighted by atomic mass is 10.2. The molecule has 0 unspecified atom stereocenters. The minimum Gasteiger partial charge on any atom is -0.484 e. The minimum absolute atomic E-state index is 0.116. The standard InChI is InChI=1S/C21H23Cl3N4O3S/c1-3-14-4-10-17(11-5-14)31-12-18(30)27-19(21(22,23)24)28-20(32)26-16-8-6-15(7-9-16)25-13(2)29/h4-11,19H,3,12H2,1-2H3,(H,25,29)(H,27,30)(H2,26,28,32)/t19-/m0/s1. The van der Waals surface area contributed by atoms with Crippen LogP contribution in [0.2, 0.25) is 0 Å². The van der Waals surface area contributed by atoms with E-state index in [2.05, 4.69) is 21.3 Å². The van der Waals surface area contributed by atoms with Crippen molar-refractivity contribution in [3.63, 3.8) is 0 Å². The molecule has 2 aromatic rings. The molecular weight excluding hydrogens is 495 g/mol. The quantitative estimate of drug-likeness (QED) is 0.236. The van der Waals surface area contributed by atoms with Gasteiger partial charge in [0.05, 0.1) is 0 Å². The largest absolute Gasteiger partial charge is 0.484 e. The third-order valence-electron chi connectivity index (χ3n) is 4.07. The summed E-state index contributed by atoms with van der Waals surface area (Å²) in [6, 6.07) is 14.2. The van der Waals surface area contributed by atoms with Crippen molar-refractivity contribution in [2.45, 2.75) is 30.2 Å². The van der Waals surface area contributed by atoms with Crippen LogP contribution in [0.4, 0.5) is 11.4 Å². The van der Waals surface area contributed by atoms with Gasteiger partial charge in [-0.1, -0.05) is 53.9 Å². The highest BCUT2D eigenvalue weighted by Crippen LogP contribution is 2.29. The molecule has 0 aliphatic carbocycles. The van der Waals surface area contributed by atoms with Gasteiger partial charge < -0.3 is 26.0 Å². The number of carbonyl (C=O) groups excluding carboxylic acids is 2. The number of carbonyl (C=O) groups is 2. The predicted octanol–water partition coefficient (Wildman–Crippen LogP) is 4.39. The lowest BCUT2D eigenvalue weighted by Crippen LogP contribution is -2.56. The van der Waals surface area contributed by atoms with E-state index in [1.807, 2.05) is 19.1 Å². The van der Waals surface area contributed by atoms with Crippen molar-refractivity contribution < 1.29 is 14.3 Å². The van der Waals surface area contributed by atoms with Gasteiger partial charge in [0.2, 0.25) is 9.70 Å². The SMILES string of the molecule is CCc1ccc(OCC(=O)N[C@@H](NC(=S)Nc2ccc(NC(C)=O)cc2)C(Cl)(Cl)Cl)cc1. The van der Waals surface area contributed by atoms with E-state index in [1.54, 1.807) is 36.4 Å². The van der Waals surface area contributed by atoms with Crippen LogP contribution in [0.15, 0.2) is 48.5 Å². The number of nitrogens with one attached hydrogen (secondary N) is 4. The molecule has 0 heterocycles. The van der Waals surface area contributed by atoms with E-state index < -0.39 is 15.9 Å². The van der Waals surface area contributed by atoms with Crippen molar-refractivity contribution in [1.82, 2.24) is 10.6 Å². The number of amides is 2. The first-order chi connectivity index (χ1) is 15.1. The Morgan fingerprint density at radius 3 is 2.03 bits per heavy atom. The Balaban J connectivity index is 1.90. The number of hydrogen-bond donors (Lipinski definition) is 4. The van der Waals surface area contributed by atoms with Gasteiger partial charge in [-0.25, -0.2) is 0 Å². The van der Waals surface area contributed by atoms with Crippen LogP contribution < -0.4 is 26.0 Å². The van der Waals surface area contributed by atoms with Crippen molar-refractivity contribution in [1.29, 1.82) is 0 Å². The number of ether oxygens (including phenoxy) is 1. The maximum absolute atomic E-state index is 12.3. The zero-order chi connectivity index (χ0) is 23.7. The number of rotatable bonds is 8. The monoisotopic (exact) mass is 516 g/mol. The molecule has 172 valence electrons. The molecule has 11 heteroatoms. The van der Waals surface area contributed by atoms with Crippen molar-refractivity contribution in [2.75, 3.05) is 17.2 Å². The Morgan fingerprint density at radius 1 is 0.969 bits per heavy atom. The fourth-order valence-electron chi connectivity index (χ4n) is 2.51. The number of benzene rings is 2. The Bertz CT molecular complexity index is 935. The lowest BCUT2D eigenvalue weighted by molar-refractivity contribution is -0.123. The van der Waals surface area contributed by atoms with Crippen molar-refractivity contribution in [3.05, 3.63) is 54.1 Å². The molecule has 7 nitrogen and oxygen atoms in total. The molecule has 0 aliphatic heterocycles. The van der Waals surface area contributed by atoms with Crippen LogP contribution in [0.5, 0.6) is 5.75 Å². The average molecular weight is 518 g/mol. The van der Waals surface area contributed by atoms with Gasteiger partial charge in [0.1, 0.15) is 11.9 Å². The fourth-order valence-corrected chi connectivity index (χ4v) is 3.07. The molecule has 2 rings (SSSR count). The molecule has 1 atom stereocenters. The van der Waals surface area contributed by atoms with Gasteiger partial charge in [-0.2, -0.15) is 0 Å². The van der Waals surface area contributed by atoms with Gasteiger partial charge in [0.25, 0.3) is 5.91 Å². The van der Waals surface area contributed by atoms with E-state index in [0.717, 1.165) is 12.0 Å². The van der Waals surface area contributed by atoms with Crippen molar-refractivity contribution in [2.24, 2.45) is 0 Å². The summed E-state index contributed by atoms with van der Waals surface area (Å²) < 4.78 is 3.58. The van der Waals surface area contributed by atoms with E-state index in [-0.39, 0.29) is 17.6 Å². The second-order valence-corrected chi connectivity index (χ2v) is 9.46. The Labute approximate surface area is 207 Å². The van der Waals surface area contributed by atoms with Crippen LogP contribution in [-0.2, 0) is 16.0 Å². The average Bonchev–Trinajstić information content (AvgIpc) is 2.72. The summed E-state index contributed by atoms with van der Waals surface area (Å²) >= 11 is 23.2. The van der Waals surface area contributed by atoms with Gasteiger partial charge in [0.15, 0.2) is 11.7 Å². The molecule has 2 aromatic carbocycles. The molecule has 0 spiro atoms. The molecule has 0 bridgehead atoms. The van der Waals surface area contributed by atoms with Crippen molar-refractivity contribution in [3.8, 4) is 5.75 Å². The van der Waals surface area contributed by atoms with Gasteiger partial charge in [-0.15, -0.1) is 0 Å². The Kier molecular flexibility index (Phi) is 9.84. The summed E-state index contributed by atoms with van der Waals surface area (Å²) in [4.78, 5) is 23.4. The molecule has 32 heavy (non-hydrogen) atoms. The molecular formula is C21H23Cl3N4O3S. The Morgan fingerprint density at radius 2 is 1.53 bits per heavy atom. The highest BCUT2D eigenvalue weighted by molar-refractivity contribution is 7.80. The molecule has 0 saturated carbocycles. The van der Waals surface area contributed by atoms with E-state index in [9.17, 15) is 9.59 Å². The topological polar surface area (TPSA) is 91.5 Å². The second-order valence-electron chi connectivity index (χ2n) is 6.69. The zero-order valence-corrected chi connectivity index (χ0v) is 20.5. The molecule has 0 fully saturated rings. The number of alkyl halides is 3. The van der Waals surface area contributed by atoms with Gasteiger partial charge in [0, 0.05) is 18.3 Å². The van der Waals surface area contributed by atoms with E-state index in [4.69, 9.17) is 51.8 Å². The first-order valence-corrected chi connectivity index (χ1v) is 11.1. The van der Waals surface area contributed by atoms with E-state index in [0.29, 0.717) is 17.1 Å². The number of halogens is 3. The summed E-state index contributed by atoms with van der Waals surface area (Å²) in [6.07, 6.45) is -0.213. The highest BCUT2D eigenvalue weighted by atomic mass is 35.6. The smallest absolute Gasteiger partial charge is 0.259 e. The maximum Gasteiger partial charge on any atom is 0.259 e. The number of aryl methyl sites for hydroxylation is 1. The number of anilines is 2. The summed E-state index contributed by atoms with van der Waals surface area (Å²) in [5.74, 6) is -0.127. The van der Waals surface area contributed by atoms with Gasteiger partial charge >= 0.3 is 0 Å². The minimum atomic E-state index is -1.89. The fraction of sp³-hybridized carbons (Fsp3) is 0.286. The number of hydrogen-bond acceptors (Lipinski definition) is 4. The molecule has 0 saturated heterocycles. The molecule has 0 aliphatic rings. The van der Waals surface area contributed by atoms with Crippen LogP contribution in [0.25, 0.3) is 0 Å². The summed E-state index contributed by atoms with van der Waals surface area (Å²) in [7, 11) is 0. The van der Waals surface area contributed by atoms with Crippen LogP contribution in [0, 0.1) is 0 Å². The third kappa shape index (κ3) is 9.08. The van der Waals surface area contributed by atoms with Crippen LogP contribution in [0.3, 0.4) is 0 Å². The molecule has 4 N–H and O–H groups in total. The Hall–Kier alpha value is -2.26. The summed E-state index contributed by atoms with van der Waals surface area (Å²) in [5.41, 5.74) is 2.43. The van der Waals surface area contributed by atoms with Crippen LogP contribution >= 0.6 is 47.0 Å². The number of thiocarbonyl (C=S) groups is 1. The highest BCUT2D eigenvalue weighted by Gasteiger charge is 2.34.